The highest BCUT2D eigenvalue weighted by atomic mass is 35.5. The maximum atomic E-state index is 12.8. The zero-order valence-electron chi connectivity index (χ0n) is 16.9. The lowest BCUT2D eigenvalue weighted by molar-refractivity contribution is 0.0735. The molecule has 0 unspecified atom stereocenters. The molecule has 0 atom stereocenters. The van der Waals surface area contributed by atoms with Gasteiger partial charge in [-0.3, -0.25) is 4.79 Å². The van der Waals surface area contributed by atoms with Crippen LogP contribution < -0.4 is 14.9 Å². The van der Waals surface area contributed by atoms with Crippen LogP contribution in [0.1, 0.15) is 21.5 Å². The Bertz CT molecular complexity index is 1400. The van der Waals surface area contributed by atoms with Gasteiger partial charge in [-0.15, -0.1) is 0 Å². The van der Waals surface area contributed by atoms with Crippen molar-refractivity contribution < 1.29 is 18.7 Å². The normalized spacial score (nSPS) is 10.9. The van der Waals surface area contributed by atoms with Crippen LogP contribution in [-0.2, 0) is 0 Å². The van der Waals surface area contributed by atoms with Gasteiger partial charge in [0.25, 0.3) is 0 Å². The topological polar surface area (TPSA) is 65.7 Å². The van der Waals surface area contributed by atoms with Crippen LogP contribution in [0.25, 0.3) is 11.0 Å². The largest absolute Gasteiger partial charge is 0.460 e. The van der Waals surface area contributed by atoms with Gasteiger partial charge in [0.05, 0.1) is 21.0 Å². The molecule has 0 amide bonds. The minimum atomic E-state index is -0.626. The average Bonchev–Trinajstić information content (AvgIpc) is 2.76. The molecule has 0 saturated heterocycles. The third-order valence-electron chi connectivity index (χ3n) is 4.72. The Balaban J connectivity index is 1.60. The minimum absolute atomic E-state index is 0.0270. The van der Waals surface area contributed by atoms with Gasteiger partial charge >= 0.3 is 5.97 Å². The standard InChI is InChI=1S/C24H15Cl3O5/c1-12-7-16(8-13(2)22(12)27)31-21-11-30-20-10-15(4-5-17(20)23(21)28)32-24(29)14-3-6-18(25)19(26)9-14/h3-11H,1-2H3. The first-order valence-electron chi connectivity index (χ1n) is 9.40. The first kappa shape index (κ1) is 22.2. The highest BCUT2D eigenvalue weighted by Crippen LogP contribution is 2.30. The third kappa shape index (κ3) is 4.46. The molecular weight excluding hydrogens is 475 g/mol. The molecule has 0 spiro atoms. The summed E-state index contributed by atoms with van der Waals surface area (Å²) in [5.74, 6) is 0.0791. The van der Waals surface area contributed by atoms with E-state index in [0.717, 1.165) is 11.1 Å². The summed E-state index contributed by atoms with van der Waals surface area (Å²) in [6, 6.07) is 12.4. The maximum absolute atomic E-state index is 12.8. The minimum Gasteiger partial charge on any atom is -0.460 e. The van der Waals surface area contributed by atoms with E-state index < -0.39 is 5.97 Å². The van der Waals surface area contributed by atoms with E-state index in [2.05, 4.69) is 0 Å². The molecule has 4 rings (SSSR count). The fraction of sp³-hybridized carbons (Fsp3) is 0.0833. The van der Waals surface area contributed by atoms with E-state index in [0.29, 0.717) is 15.8 Å². The highest BCUT2D eigenvalue weighted by Gasteiger charge is 2.14. The second-order valence-corrected chi connectivity index (χ2v) is 8.27. The maximum Gasteiger partial charge on any atom is 0.343 e. The van der Waals surface area contributed by atoms with Crippen LogP contribution in [0.4, 0.5) is 0 Å². The number of hydrogen-bond acceptors (Lipinski definition) is 5. The molecule has 0 saturated carbocycles. The van der Waals surface area contributed by atoms with Gasteiger partial charge in [-0.2, -0.15) is 0 Å². The SMILES string of the molecule is Cc1cc(Oc2coc3cc(OC(=O)c4ccc(Cl)c(Cl)c4)ccc3c2=O)cc(C)c1Cl. The summed E-state index contributed by atoms with van der Waals surface area (Å²) in [5, 5.41) is 1.49. The number of halogens is 3. The molecule has 3 aromatic carbocycles. The molecule has 0 bridgehead atoms. The van der Waals surface area contributed by atoms with Crippen molar-refractivity contribution in [1.29, 1.82) is 0 Å². The first-order chi connectivity index (χ1) is 15.2. The van der Waals surface area contributed by atoms with Gasteiger partial charge in [0.1, 0.15) is 23.3 Å². The Morgan fingerprint density at radius 2 is 1.59 bits per heavy atom. The van der Waals surface area contributed by atoms with Crippen molar-refractivity contribution in [2.75, 3.05) is 0 Å². The summed E-state index contributed by atoms with van der Waals surface area (Å²) >= 11 is 18.0. The van der Waals surface area contributed by atoms with Gasteiger partial charge in [-0.25, -0.2) is 4.79 Å². The number of carbonyl (C=O) groups is 1. The predicted octanol–water partition coefficient (Wildman–Crippen LogP) is 7.38. The Kier molecular flexibility index (Phi) is 6.15. The molecule has 5 nitrogen and oxygen atoms in total. The van der Waals surface area contributed by atoms with Crippen molar-refractivity contribution in [1.82, 2.24) is 0 Å². The van der Waals surface area contributed by atoms with Crippen molar-refractivity contribution in [2.45, 2.75) is 13.8 Å². The number of fused-ring (bicyclic) bond motifs is 1. The van der Waals surface area contributed by atoms with Crippen molar-refractivity contribution in [3.8, 4) is 17.2 Å². The average molecular weight is 490 g/mol. The molecule has 0 aliphatic carbocycles. The molecule has 162 valence electrons. The molecule has 4 aromatic rings. The third-order valence-corrected chi connectivity index (χ3v) is 6.05. The van der Waals surface area contributed by atoms with Crippen molar-refractivity contribution in [3.63, 3.8) is 0 Å². The van der Waals surface area contributed by atoms with Crippen LogP contribution in [-0.4, -0.2) is 5.97 Å². The first-order valence-corrected chi connectivity index (χ1v) is 10.5. The van der Waals surface area contributed by atoms with E-state index in [9.17, 15) is 9.59 Å². The fourth-order valence-electron chi connectivity index (χ4n) is 3.11. The Morgan fingerprint density at radius 1 is 0.875 bits per heavy atom. The molecule has 0 fully saturated rings. The van der Waals surface area contributed by atoms with Gasteiger partial charge in [-0.05, 0) is 67.4 Å². The molecule has 1 aromatic heterocycles. The van der Waals surface area contributed by atoms with E-state index in [1.165, 1.54) is 42.7 Å². The van der Waals surface area contributed by atoms with Crippen LogP contribution in [0.5, 0.6) is 17.2 Å². The fourth-order valence-corrected chi connectivity index (χ4v) is 3.51. The summed E-state index contributed by atoms with van der Waals surface area (Å²) in [4.78, 5) is 25.2. The Hall–Kier alpha value is -2.99. The number of aryl methyl sites for hydroxylation is 2. The van der Waals surface area contributed by atoms with Crippen LogP contribution >= 0.6 is 34.8 Å². The summed E-state index contributed by atoms with van der Waals surface area (Å²) < 4.78 is 16.7. The summed E-state index contributed by atoms with van der Waals surface area (Å²) in [7, 11) is 0. The smallest absolute Gasteiger partial charge is 0.343 e. The Labute approximate surface area is 198 Å². The number of benzene rings is 3. The van der Waals surface area contributed by atoms with E-state index in [1.54, 1.807) is 12.1 Å². The monoisotopic (exact) mass is 488 g/mol. The highest BCUT2D eigenvalue weighted by molar-refractivity contribution is 6.42. The molecule has 32 heavy (non-hydrogen) atoms. The quantitative estimate of drug-likeness (QED) is 0.221. The second-order valence-electron chi connectivity index (χ2n) is 7.08. The number of hydrogen-bond donors (Lipinski definition) is 0. The van der Waals surface area contributed by atoms with Crippen molar-refractivity contribution in [2.24, 2.45) is 0 Å². The van der Waals surface area contributed by atoms with E-state index in [4.69, 9.17) is 48.7 Å². The van der Waals surface area contributed by atoms with E-state index >= 15 is 0 Å². The molecule has 0 radical (unpaired) electrons. The van der Waals surface area contributed by atoms with Crippen LogP contribution in [0.3, 0.4) is 0 Å². The number of rotatable bonds is 4. The van der Waals surface area contributed by atoms with E-state index in [1.807, 2.05) is 13.8 Å². The molecule has 0 aliphatic heterocycles. The predicted molar refractivity (Wildman–Crippen MR) is 125 cm³/mol. The van der Waals surface area contributed by atoms with Crippen molar-refractivity contribution in [3.05, 3.63) is 96.8 Å². The van der Waals surface area contributed by atoms with Gasteiger partial charge in [0.15, 0.2) is 0 Å². The zero-order valence-corrected chi connectivity index (χ0v) is 19.1. The lowest BCUT2D eigenvalue weighted by atomic mass is 10.1. The van der Waals surface area contributed by atoms with Crippen molar-refractivity contribution >= 4 is 51.7 Å². The zero-order chi connectivity index (χ0) is 23.0. The van der Waals surface area contributed by atoms with Gasteiger partial charge in [0, 0.05) is 11.1 Å². The summed E-state index contributed by atoms with van der Waals surface area (Å²) in [6.07, 6.45) is 1.22. The number of carbonyl (C=O) groups excluding carboxylic acids is 1. The molecular formula is C24H15Cl3O5. The number of ether oxygens (including phenoxy) is 2. The summed E-state index contributed by atoms with van der Waals surface area (Å²) in [6.45, 7) is 3.71. The summed E-state index contributed by atoms with van der Waals surface area (Å²) in [5.41, 5.74) is 1.78. The van der Waals surface area contributed by atoms with Gasteiger partial charge in [0.2, 0.25) is 11.2 Å². The van der Waals surface area contributed by atoms with Crippen LogP contribution in [0, 0.1) is 13.8 Å². The molecule has 1 heterocycles. The number of esters is 1. The molecule has 0 aliphatic rings. The molecule has 0 N–H and O–H groups in total. The van der Waals surface area contributed by atoms with Gasteiger partial charge < -0.3 is 13.9 Å². The molecule has 8 heteroatoms. The Morgan fingerprint density at radius 3 is 2.28 bits per heavy atom. The lowest BCUT2D eigenvalue weighted by Gasteiger charge is -2.10. The second kappa shape index (κ2) is 8.87. The van der Waals surface area contributed by atoms with Gasteiger partial charge in [-0.1, -0.05) is 34.8 Å². The van der Waals surface area contributed by atoms with Crippen LogP contribution in [0.2, 0.25) is 15.1 Å². The van der Waals surface area contributed by atoms with E-state index in [-0.39, 0.29) is 38.5 Å². The van der Waals surface area contributed by atoms with Crippen LogP contribution in [0.15, 0.2) is 64.0 Å². The lowest BCUT2D eigenvalue weighted by Crippen LogP contribution is -2.09.